The molecule has 0 saturated heterocycles. The summed E-state index contributed by atoms with van der Waals surface area (Å²) in [5, 5.41) is 14.0. The molecule has 2 N–H and O–H groups in total. The Kier molecular flexibility index (Phi) is 7.29. The molecule has 0 aromatic heterocycles. The second-order valence-corrected chi connectivity index (χ2v) is 6.37. The molecular weight excluding hydrogens is 298 g/mol. The lowest BCUT2D eigenvalue weighted by atomic mass is 9.87. The van der Waals surface area contributed by atoms with E-state index in [1.54, 1.807) is 0 Å². The van der Waals surface area contributed by atoms with Gasteiger partial charge in [-0.15, -0.1) is 0 Å². The third-order valence-electron chi connectivity index (χ3n) is 4.07. The number of ether oxygens (including phenoxy) is 1. The molecule has 0 fully saturated rings. The Morgan fingerprint density at radius 3 is 2.33 bits per heavy atom. The number of aliphatic hydroxyl groups is 1. The van der Waals surface area contributed by atoms with Gasteiger partial charge in [-0.3, -0.25) is 0 Å². The van der Waals surface area contributed by atoms with Gasteiger partial charge in [-0.1, -0.05) is 55.5 Å². The summed E-state index contributed by atoms with van der Waals surface area (Å²) in [5.41, 5.74) is 2.29. The minimum Gasteiger partial charge on any atom is -0.491 e. The van der Waals surface area contributed by atoms with Crippen LogP contribution in [0.5, 0.6) is 5.75 Å². The SMILES string of the molecule is CCNC[C@H](O)C(Cc1ccccc1OC(C)C)c1ccccc1. The summed E-state index contributed by atoms with van der Waals surface area (Å²) in [6.45, 7) is 7.56. The van der Waals surface area contributed by atoms with Gasteiger partial charge in [0, 0.05) is 12.5 Å². The molecule has 2 rings (SSSR count). The third-order valence-corrected chi connectivity index (χ3v) is 4.07. The molecule has 0 aliphatic carbocycles. The van der Waals surface area contributed by atoms with E-state index in [0.29, 0.717) is 6.54 Å². The molecule has 1 unspecified atom stereocenters. The molecule has 130 valence electrons. The number of aliphatic hydroxyl groups excluding tert-OH is 1. The van der Waals surface area contributed by atoms with Crippen molar-refractivity contribution >= 4 is 0 Å². The molecule has 0 saturated carbocycles. The van der Waals surface area contributed by atoms with Crippen LogP contribution in [0.3, 0.4) is 0 Å². The maximum Gasteiger partial charge on any atom is 0.122 e. The van der Waals surface area contributed by atoms with Gasteiger partial charge in [0.2, 0.25) is 0 Å². The smallest absolute Gasteiger partial charge is 0.122 e. The second kappa shape index (κ2) is 9.45. The number of benzene rings is 2. The van der Waals surface area contributed by atoms with Crippen molar-refractivity contribution in [2.75, 3.05) is 13.1 Å². The van der Waals surface area contributed by atoms with Crippen LogP contribution in [0.25, 0.3) is 0 Å². The van der Waals surface area contributed by atoms with Gasteiger partial charge < -0.3 is 15.2 Å². The van der Waals surface area contributed by atoms with E-state index in [1.165, 1.54) is 0 Å². The highest BCUT2D eigenvalue weighted by molar-refractivity contribution is 5.36. The molecule has 3 nitrogen and oxygen atoms in total. The Balaban J connectivity index is 2.25. The molecule has 0 spiro atoms. The van der Waals surface area contributed by atoms with E-state index in [9.17, 15) is 5.11 Å². The molecule has 2 aromatic carbocycles. The molecule has 24 heavy (non-hydrogen) atoms. The average Bonchev–Trinajstić information content (AvgIpc) is 2.59. The highest BCUT2D eigenvalue weighted by Crippen LogP contribution is 2.29. The fourth-order valence-electron chi connectivity index (χ4n) is 2.89. The van der Waals surface area contributed by atoms with Crippen LogP contribution in [-0.4, -0.2) is 30.4 Å². The van der Waals surface area contributed by atoms with Gasteiger partial charge in [-0.05, 0) is 44.0 Å². The van der Waals surface area contributed by atoms with Crippen molar-refractivity contribution in [2.24, 2.45) is 0 Å². The molecule has 2 atom stereocenters. The summed E-state index contributed by atoms with van der Waals surface area (Å²) in [7, 11) is 0. The Hall–Kier alpha value is -1.84. The molecule has 2 aromatic rings. The van der Waals surface area contributed by atoms with Crippen LogP contribution in [0, 0.1) is 0 Å². The molecule has 0 radical (unpaired) electrons. The first-order valence-electron chi connectivity index (χ1n) is 8.80. The van der Waals surface area contributed by atoms with Crippen LogP contribution < -0.4 is 10.1 Å². The lowest BCUT2D eigenvalue weighted by molar-refractivity contribution is 0.140. The first kappa shape index (κ1) is 18.5. The predicted octanol–water partition coefficient (Wildman–Crippen LogP) is 3.77. The van der Waals surface area contributed by atoms with Crippen molar-refractivity contribution in [1.82, 2.24) is 5.32 Å². The summed E-state index contributed by atoms with van der Waals surface area (Å²) in [4.78, 5) is 0. The van der Waals surface area contributed by atoms with Crippen LogP contribution >= 0.6 is 0 Å². The largest absolute Gasteiger partial charge is 0.491 e. The first-order chi connectivity index (χ1) is 11.6. The summed E-state index contributed by atoms with van der Waals surface area (Å²) in [6.07, 6.45) is 0.437. The summed E-state index contributed by atoms with van der Waals surface area (Å²) in [5.74, 6) is 0.936. The summed E-state index contributed by atoms with van der Waals surface area (Å²) >= 11 is 0. The summed E-state index contributed by atoms with van der Waals surface area (Å²) in [6, 6.07) is 18.4. The maximum absolute atomic E-state index is 10.7. The number of hydrogen-bond acceptors (Lipinski definition) is 3. The van der Waals surface area contributed by atoms with Gasteiger partial charge in [-0.2, -0.15) is 0 Å². The lowest BCUT2D eigenvalue weighted by Crippen LogP contribution is -2.32. The zero-order valence-electron chi connectivity index (χ0n) is 14.9. The minimum atomic E-state index is -0.445. The van der Waals surface area contributed by atoms with Crippen LogP contribution in [0.15, 0.2) is 54.6 Å². The average molecular weight is 327 g/mol. The number of hydrogen-bond donors (Lipinski definition) is 2. The number of likely N-dealkylation sites (N-methyl/N-ethyl adjacent to an activating group) is 1. The zero-order valence-corrected chi connectivity index (χ0v) is 14.9. The Bertz CT molecular complexity index is 598. The Morgan fingerprint density at radius 2 is 1.67 bits per heavy atom. The number of nitrogens with one attached hydrogen (secondary N) is 1. The molecule has 0 aliphatic heterocycles. The van der Waals surface area contributed by atoms with E-state index in [2.05, 4.69) is 30.4 Å². The lowest BCUT2D eigenvalue weighted by Gasteiger charge is -2.25. The highest BCUT2D eigenvalue weighted by atomic mass is 16.5. The van der Waals surface area contributed by atoms with E-state index >= 15 is 0 Å². The third kappa shape index (κ3) is 5.36. The first-order valence-corrected chi connectivity index (χ1v) is 8.80. The Labute approximate surface area is 145 Å². The van der Waals surface area contributed by atoms with Crippen molar-refractivity contribution in [3.8, 4) is 5.75 Å². The highest BCUT2D eigenvalue weighted by Gasteiger charge is 2.22. The van der Waals surface area contributed by atoms with Crippen molar-refractivity contribution in [2.45, 2.75) is 45.3 Å². The van der Waals surface area contributed by atoms with Gasteiger partial charge in [0.1, 0.15) is 5.75 Å². The van der Waals surface area contributed by atoms with Gasteiger partial charge in [0.05, 0.1) is 12.2 Å². The molecule has 0 bridgehead atoms. The van der Waals surface area contributed by atoms with E-state index in [4.69, 9.17) is 4.74 Å². The van der Waals surface area contributed by atoms with E-state index in [1.807, 2.05) is 50.2 Å². The molecular formula is C21H29NO2. The fourth-order valence-corrected chi connectivity index (χ4v) is 2.89. The van der Waals surface area contributed by atoms with Gasteiger partial charge in [0.15, 0.2) is 0 Å². The number of para-hydroxylation sites is 1. The topological polar surface area (TPSA) is 41.5 Å². The van der Waals surface area contributed by atoms with Crippen LogP contribution in [0.4, 0.5) is 0 Å². The van der Waals surface area contributed by atoms with E-state index in [0.717, 1.165) is 29.8 Å². The van der Waals surface area contributed by atoms with Crippen LogP contribution in [0.2, 0.25) is 0 Å². The normalized spacial score (nSPS) is 13.7. The number of rotatable bonds is 9. The second-order valence-electron chi connectivity index (χ2n) is 6.37. The summed E-state index contributed by atoms with van der Waals surface area (Å²) < 4.78 is 5.95. The minimum absolute atomic E-state index is 0.0298. The molecule has 3 heteroatoms. The van der Waals surface area contributed by atoms with Gasteiger partial charge >= 0.3 is 0 Å². The van der Waals surface area contributed by atoms with E-state index < -0.39 is 6.10 Å². The van der Waals surface area contributed by atoms with Crippen molar-refractivity contribution in [3.63, 3.8) is 0 Å². The van der Waals surface area contributed by atoms with Crippen LogP contribution in [0.1, 0.15) is 37.8 Å². The fraction of sp³-hybridized carbons (Fsp3) is 0.429. The monoisotopic (exact) mass is 327 g/mol. The zero-order chi connectivity index (χ0) is 17.4. The molecule has 0 amide bonds. The van der Waals surface area contributed by atoms with Crippen molar-refractivity contribution < 1.29 is 9.84 Å². The van der Waals surface area contributed by atoms with Gasteiger partial charge in [0.25, 0.3) is 0 Å². The van der Waals surface area contributed by atoms with Crippen molar-refractivity contribution in [1.29, 1.82) is 0 Å². The molecule has 0 heterocycles. The molecule has 0 aliphatic rings. The van der Waals surface area contributed by atoms with Gasteiger partial charge in [-0.25, -0.2) is 0 Å². The van der Waals surface area contributed by atoms with Crippen LogP contribution in [-0.2, 0) is 6.42 Å². The maximum atomic E-state index is 10.7. The van der Waals surface area contributed by atoms with Crippen molar-refractivity contribution in [3.05, 3.63) is 65.7 Å². The quantitative estimate of drug-likeness (QED) is 0.736. The Morgan fingerprint density at radius 1 is 1.00 bits per heavy atom. The predicted molar refractivity (Wildman–Crippen MR) is 99.6 cm³/mol. The van der Waals surface area contributed by atoms with E-state index in [-0.39, 0.29) is 12.0 Å². The standard InChI is InChI=1S/C21H29NO2/c1-4-22-15-20(23)19(17-10-6-5-7-11-17)14-18-12-8-9-13-21(18)24-16(2)3/h5-13,16,19-20,22-23H,4,14-15H2,1-3H3/t19?,20-/m0/s1.